The summed E-state index contributed by atoms with van der Waals surface area (Å²) >= 11 is 0. The molecule has 0 saturated carbocycles. The number of hydrogen-bond donors (Lipinski definition) is 1. The Bertz CT molecular complexity index is 616. The van der Waals surface area contributed by atoms with Gasteiger partial charge in [-0.2, -0.15) is 5.10 Å². The fraction of sp³-hybridized carbons (Fsp3) is 0.412. The van der Waals surface area contributed by atoms with Crippen LogP contribution in [0.25, 0.3) is 0 Å². The standard InChI is InChI=1S/C17H23N3O/c1-13-6-7-14(2)16(9-13)10-17(21)18-8-4-5-15-11-19-20(3)12-15/h6-7,9,11-12H,4-5,8,10H2,1-3H3,(H,18,21). The molecular weight excluding hydrogens is 262 g/mol. The van der Waals surface area contributed by atoms with Crippen molar-refractivity contribution in [2.45, 2.75) is 33.1 Å². The van der Waals surface area contributed by atoms with E-state index in [-0.39, 0.29) is 5.91 Å². The average molecular weight is 285 g/mol. The summed E-state index contributed by atoms with van der Waals surface area (Å²) in [6, 6.07) is 6.23. The highest BCUT2D eigenvalue weighted by Gasteiger charge is 2.06. The van der Waals surface area contributed by atoms with Crippen molar-refractivity contribution in [3.8, 4) is 0 Å². The largest absolute Gasteiger partial charge is 0.356 e. The zero-order valence-electron chi connectivity index (χ0n) is 13.0. The van der Waals surface area contributed by atoms with Gasteiger partial charge in [0.05, 0.1) is 12.6 Å². The molecule has 0 bridgehead atoms. The first kappa shape index (κ1) is 15.3. The zero-order chi connectivity index (χ0) is 15.2. The van der Waals surface area contributed by atoms with Gasteiger partial charge >= 0.3 is 0 Å². The average Bonchev–Trinajstić information content (AvgIpc) is 2.85. The van der Waals surface area contributed by atoms with Crippen LogP contribution in [-0.4, -0.2) is 22.2 Å². The maximum atomic E-state index is 12.0. The Kier molecular flexibility index (Phi) is 5.14. The predicted molar refractivity (Wildman–Crippen MR) is 84.2 cm³/mol. The molecule has 21 heavy (non-hydrogen) atoms. The Hall–Kier alpha value is -2.10. The maximum Gasteiger partial charge on any atom is 0.224 e. The molecule has 0 aliphatic carbocycles. The predicted octanol–water partition coefficient (Wildman–Crippen LogP) is 2.33. The van der Waals surface area contributed by atoms with E-state index in [0.29, 0.717) is 13.0 Å². The summed E-state index contributed by atoms with van der Waals surface area (Å²) in [6.45, 7) is 4.80. The van der Waals surface area contributed by atoms with E-state index in [1.165, 1.54) is 16.7 Å². The molecule has 1 heterocycles. The van der Waals surface area contributed by atoms with E-state index in [1.807, 2.05) is 26.4 Å². The Morgan fingerprint density at radius 2 is 2.14 bits per heavy atom. The molecule has 1 N–H and O–H groups in total. The number of carbonyl (C=O) groups excluding carboxylic acids is 1. The van der Waals surface area contributed by atoms with Crippen LogP contribution in [0.4, 0.5) is 0 Å². The highest BCUT2D eigenvalue weighted by Crippen LogP contribution is 2.11. The van der Waals surface area contributed by atoms with E-state index in [0.717, 1.165) is 18.4 Å². The number of hydrogen-bond acceptors (Lipinski definition) is 2. The van der Waals surface area contributed by atoms with Gasteiger partial charge < -0.3 is 5.32 Å². The number of aryl methyl sites for hydroxylation is 4. The minimum atomic E-state index is 0.0925. The van der Waals surface area contributed by atoms with Gasteiger partial charge in [-0.05, 0) is 43.4 Å². The van der Waals surface area contributed by atoms with Gasteiger partial charge in [0.25, 0.3) is 0 Å². The smallest absolute Gasteiger partial charge is 0.224 e. The van der Waals surface area contributed by atoms with Crippen molar-refractivity contribution in [3.63, 3.8) is 0 Å². The minimum Gasteiger partial charge on any atom is -0.356 e. The normalized spacial score (nSPS) is 10.6. The molecule has 112 valence electrons. The van der Waals surface area contributed by atoms with Gasteiger partial charge in [-0.1, -0.05) is 23.8 Å². The van der Waals surface area contributed by atoms with Crippen LogP contribution in [0, 0.1) is 13.8 Å². The maximum absolute atomic E-state index is 12.0. The minimum absolute atomic E-state index is 0.0925. The first-order valence-corrected chi connectivity index (χ1v) is 7.35. The number of amides is 1. The van der Waals surface area contributed by atoms with Crippen molar-refractivity contribution >= 4 is 5.91 Å². The molecule has 0 fully saturated rings. The van der Waals surface area contributed by atoms with Gasteiger partial charge in [-0.25, -0.2) is 0 Å². The van der Waals surface area contributed by atoms with E-state index in [4.69, 9.17) is 0 Å². The molecule has 1 aromatic heterocycles. The van der Waals surface area contributed by atoms with E-state index < -0.39 is 0 Å². The van der Waals surface area contributed by atoms with Crippen molar-refractivity contribution in [2.24, 2.45) is 7.05 Å². The molecule has 1 amide bonds. The fourth-order valence-corrected chi connectivity index (χ4v) is 2.35. The number of carbonyl (C=O) groups is 1. The summed E-state index contributed by atoms with van der Waals surface area (Å²) in [6.07, 6.45) is 6.22. The van der Waals surface area contributed by atoms with Crippen molar-refractivity contribution in [1.82, 2.24) is 15.1 Å². The van der Waals surface area contributed by atoms with E-state index in [9.17, 15) is 4.79 Å². The number of rotatable bonds is 6. The Morgan fingerprint density at radius 3 is 2.86 bits per heavy atom. The monoisotopic (exact) mass is 285 g/mol. The van der Waals surface area contributed by atoms with Crippen molar-refractivity contribution < 1.29 is 4.79 Å². The Balaban J connectivity index is 1.73. The van der Waals surface area contributed by atoms with Crippen LogP contribution in [-0.2, 0) is 24.7 Å². The number of benzene rings is 1. The summed E-state index contributed by atoms with van der Waals surface area (Å²) < 4.78 is 1.80. The van der Waals surface area contributed by atoms with Gasteiger partial charge in [0.15, 0.2) is 0 Å². The van der Waals surface area contributed by atoms with Gasteiger partial charge in [0, 0.05) is 19.8 Å². The van der Waals surface area contributed by atoms with Crippen molar-refractivity contribution in [2.75, 3.05) is 6.54 Å². The first-order valence-electron chi connectivity index (χ1n) is 7.35. The van der Waals surface area contributed by atoms with Gasteiger partial charge in [0.2, 0.25) is 5.91 Å². The second-order valence-corrected chi connectivity index (χ2v) is 5.58. The topological polar surface area (TPSA) is 46.9 Å². The summed E-state index contributed by atoms with van der Waals surface area (Å²) in [7, 11) is 1.91. The first-order chi connectivity index (χ1) is 10.0. The zero-order valence-corrected chi connectivity index (χ0v) is 13.0. The van der Waals surface area contributed by atoms with Crippen LogP contribution in [0.2, 0.25) is 0 Å². The number of nitrogens with one attached hydrogen (secondary N) is 1. The van der Waals surface area contributed by atoms with Gasteiger partial charge in [-0.15, -0.1) is 0 Å². The number of aromatic nitrogens is 2. The lowest BCUT2D eigenvalue weighted by Gasteiger charge is -2.08. The third kappa shape index (κ3) is 4.74. The summed E-state index contributed by atoms with van der Waals surface area (Å²) in [5, 5.41) is 7.12. The Morgan fingerprint density at radius 1 is 1.33 bits per heavy atom. The molecular formula is C17H23N3O. The van der Waals surface area contributed by atoms with Crippen LogP contribution >= 0.6 is 0 Å². The fourth-order valence-electron chi connectivity index (χ4n) is 2.35. The van der Waals surface area contributed by atoms with Gasteiger partial charge in [0.1, 0.15) is 0 Å². The molecule has 0 unspecified atom stereocenters. The SMILES string of the molecule is Cc1ccc(C)c(CC(=O)NCCCc2cnn(C)c2)c1. The lowest BCUT2D eigenvalue weighted by molar-refractivity contribution is -0.120. The molecule has 0 aliphatic rings. The highest BCUT2D eigenvalue weighted by molar-refractivity contribution is 5.78. The van der Waals surface area contributed by atoms with E-state index in [2.05, 4.69) is 35.5 Å². The summed E-state index contributed by atoms with van der Waals surface area (Å²) in [5.41, 5.74) is 4.69. The molecule has 0 saturated heterocycles. The lowest BCUT2D eigenvalue weighted by Crippen LogP contribution is -2.26. The molecule has 2 aromatic rings. The molecule has 4 nitrogen and oxygen atoms in total. The molecule has 0 aliphatic heterocycles. The number of nitrogens with zero attached hydrogens (tertiary/aromatic N) is 2. The second-order valence-electron chi connectivity index (χ2n) is 5.58. The van der Waals surface area contributed by atoms with Gasteiger partial charge in [-0.3, -0.25) is 9.48 Å². The Labute approximate surface area is 126 Å². The second kappa shape index (κ2) is 7.07. The molecule has 4 heteroatoms. The molecule has 2 rings (SSSR count). The van der Waals surface area contributed by atoms with E-state index >= 15 is 0 Å². The third-order valence-electron chi connectivity index (χ3n) is 3.58. The molecule has 0 atom stereocenters. The molecule has 1 aromatic carbocycles. The van der Waals surface area contributed by atoms with Crippen LogP contribution in [0.3, 0.4) is 0 Å². The van der Waals surface area contributed by atoms with E-state index in [1.54, 1.807) is 4.68 Å². The quantitative estimate of drug-likeness (QED) is 0.828. The highest BCUT2D eigenvalue weighted by atomic mass is 16.1. The summed E-state index contributed by atoms with van der Waals surface area (Å²) in [4.78, 5) is 12.0. The van der Waals surface area contributed by atoms with Crippen molar-refractivity contribution in [3.05, 3.63) is 52.8 Å². The van der Waals surface area contributed by atoms with Crippen LogP contribution < -0.4 is 5.32 Å². The van der Waals surface area contributed by atoms with Crippen LogP contribution in [0.5, 0.6) is 0 Å². The lowest BCUT2D eigenvalue weighted by atomic mass is 10.0. The van der Waals surface area contributed by atoms with Crippen LogP contribution in [0.1, 0.15) is 28.7 Å². The molecule has 0 spiro atoms. The third-order valence-corrected chi connectivity index (χ3v) is 3.58. The summed E-state index contributed by atoms with van der Waals surface area (Å²) in [5.74, 6) is 0.0925. The molecule has 0 radical (unpaired) electrons. The van der Waals surface area contributed by atoms with Crippen LogP contribution in [0.15, 0.2) is 30.6 Å². The van der Waals surface area contributed by atoms with Crippen molar-refractivity contribution in [1.29, 1.82) is 0 Å².